The Labute approximate surface area is 109 Å². The second-order valence-electron chi connectivity index (χ2n) is 4.20. The molecule has 5 nitrogen and oxygen atoms in total. The summed E-state index contributed by atoms with van der Waals surface area (Å²) in [5, 5.41) is 0. The Balaban J connectivity index is 3.50. The number of esters is 1. The van der Waals surface area contributed by atoms with E-state index in [0.717, 1.165) is 0 Å². The quantitative estimate of drug-likeness (QED) is 0.339. The molecule has 0 aliphatic heterocycles. The fourth-order valence-corrected chi connectivity index (χ4v) is 1.14. The zero-order valence-electron chi connectivity index (χ0n) is 11.7. The van der Waals surface area contributed by atoms with Gasteiger partial charge in [0.1, 0.15) is 6.61 Å². The molecular formula is C13H24O5. The van der Waals surface area contributed by atoms with Gasteiger partial charge in [-0.2, -0.15) is 0 Å². The van der Waals surface area contributed by atoms with Crippen molar-refractivity contribution in [3.8, 4) is 0 Å². The Morgan fingerprint density at radius 1 is 1.11 bits per heavy atom. The lowest BCUT2D eigenvalue weighted by Crippen LogP contribution is -2.24. The average molecular weight is 260 g/mol. The van der Waals surface area contributed by atoms with E-state index in [1.807, 2.05) is 13.8 Å². The lowest BCUT2D eigenvalue weighted by atomic mass is 10.4. The van der Waals surface area contributed by atoms with Crippen LogP contribution in [0.25, 0.3) is 0 Å². The third-order valence-electron chi connectivity index (χ3n) is 2.08. The van der Waals surface area contributed by atoms with E-state index in [0.29, 0.717) is 25.4 Å². The van der Waals surface area contributed by atoms with Crippen LogP contribution in [-0.4, -0.2) is 51.7 Å². The van der Waals surface area contributed by atoms with Crippen molar-refractivity contribution in [2.24, 2.45) is 0 Å². The molecule has 0 aliphatic carbocycles. The molecule has 0 amide bonds. The molecule has 0 aromatic heterocycles. The summed E-state index contributed by atoms with van der Waals surface area (Å²) in [6, 6.07) is 0. The number of carbonyl (C=O) groups excluding carboxylic acids is 1. The summed E-state index contributed by atoms with van der Waals surface area (Å²) < 4.78 is 20.8. The van der Waals surface area contributed by atoms with E-state index in [2.05, 4.69) is 6.58 Å². The first-order valence-electron chi connectivity index (χ1n) is 6.02. The molecule has 0 spiro atoms. The van der Waals surface area contributed by atoms with Gasteiger partial charge < -0.3 is 18.9 Å². The molecular weight excluding hydrogens is 236 g/mol. The van der Waals surface area contributed by atoms with Crippen LogP contribution in [0.4, 0.5) is 0 Å². The monoisotopic (exact) mass is 260 g/mol. The fraction of sp³-hybridized carbons (Fsp3) is 0.769. The van der Waals surface area contributed by atoms with Crippen LogP contribution in [0.2, 0.25) is 0 Å². The van der Waals surface area contributed by atoms with Gasteiger partial charge in [-0.25, -0.2) is 4.79 Å². The van der Waals surface area contributed by atoms with Gasteiger partial charge in [-0.1, -0.05) is 6.58 Å². The molecule has 2 unspecified atom stereocenters. The fourth-order valence-electron chi connectivity index (χ4n) is 1.14. The first-order valence-corrected chi connectivity index (χ1v) is 6.02. The Bertz CT molecular complexity index is 252. The topological polar surface area (TPSA) is 54.0 Å². The van der Waals surface area contributed by atoms with Gasteiger partial charge in [-0.3, -0.25) is 0 Å². The third-order valence-corrected chi connectivity index (χ3v) is 2.08. The van der Waals surface area contributed by atoms with Crippen LogP contribution in [0, 0.1) is 0 Å². The minimum Gasteiger partial charge on any atom is -0.460 e. The molecule has 0 N–H and O–H groups in total. The van der Waals surface area contributed by atoms with Crippen molar-refractivity contribution in [3.05, 3.63) is 12.2 Å². The summed E-state index contributed by atoms with van der Waals surface area (Å²) in [6.45, 7) is 10.6. The molecule has 106 valence electrons. The van der Waals surface area contributed by atoms with E-state index in [4.69, 9.17) is 18.9 Å². The Hall–Kier alpha value is -0.910. The molecule has 0 aliphatic rings. The normalized spacial score (nSPS) is 14.0. The van der Waals surface area contributed by atoms with Gasteiger partial charge in [-0.15, -0.1) is 0 Å². The predicted octanol–water partition coefficient (Wildman–Crippen LogP) is 1.56. The molecule has 0 rings (SSSR count). The van der Waals surface area contributed by atoms with Gasteiger partial charge in [0.25, 0.3) is 0 Å². The van der Waals surface area contributed by atoms with E-state index < -0.39 is 5.97 Å². The summed E-state index contributed by atoms with van der Waals surface area (Å²) in [4.78, 5) is 11.1. The Morgan fingerprint density at radius 2 is 1.72 bits per heavy atom. The SMILES string of the molecule is C=C(C)C(=O)OCCOC(C)COC(C)COC. The van der Waals surface area contributed by atoms with Crippen molar-refractivity contribution in [3.63, 3.8) is 0 Å². The van der Waals surface area contributed by atoms with Crippen LogP contribution in [-0.2, 0) is 23.7 Å². The van der Waals surface area contributed by atoms with Crippen molar-refractivity contribution in [1.29, 1.82) is 0 Å². The molecule has 2 atom stereocenters. The summed E-state index contributed by atoms with van der Waals surface area (Å²) in [7, 11) is 1.63. The first-order chi connectivity index (χ1) is 8.47. The average Bonchev–Trinajstić information content (AvgIpc) is 2.32. The second kappa shape index (κ2) is 10.1. The standard InChI is InChI=1S/C13H24O5/c1-10(2)13(14)17-7-6-16-12(4)9-18-11(3)8-15-5/h11-12H,1,6-9H2,2-5H3. The van der Waals surface area contributed by atoms with Crippen LogP contribution in [0.1, 0.15) is 20.8 Å². The smallest absolute Gasteiger partial charge is 0.333 e. The maximum Gasteiger partial charge on any atom is 0.333 e. The van der Waals surface area contributed by atoms with Gasteiger partial charge >= 0.3 is 5.97 Å². The molecule has 0 heterocycles. The maximum atomic E-state index is 11.1. The van der Waals surface area contributed by atoms with Gasteiger partial charge in [0.2, 0.25) is 0 Å². The maximum absolute atomic E-state index is 11.1. The molecule has 0 radical (unpaired) electrons. The van der Waals surface area contributed by atoms with Gasteiger partial charge in [0.15, 0.2) is 0 Å². The molecule has 18 heavy (non-hydrogen) atoms. The molecule has 0 fully saturated rings. The van der Waals surface area contributed by atoms with E-state index in [-0.39, 0.29) is 18.8 Å². The zero-order chi connectivity index (χ0) is 14.0. The molecule has 0 saturated carbocycles. The highest BCUT2D eigenvalue weighted by Crippen LogP contribution is 1.98. The van der Waals surface area contributed by atoms with Crippen molar-refractivity contribution in [2.45, 2.75) is 33.0 Å². The van der Waals surface area contributed by atoms with Crippen molar-refractivity contribution < 1.29 is 23.7 Å². The minimum atomic E-state index is -0.392. The van der Waals surface area contributed by atoms with Crippen LogP contribution < -0.4 is 0 Å². The molecule has 0 aromatic rings. The first kappa shape index (κ1) is 17.1. The number of carbonyl (C=O) groups is 1. The highest BCUT2D eigenvalue weighted by molar-refractivity contribution is 5.86. The minimum absolute atomic E-state index is 0.0438. The second-order valence-corrected chi connectivity index (χ2v) is 4.20. The molecule has 5 heteroatoms. The zero-order valence-corrected chi connectivity index (χ0v) is 11.7. The summed E-state index contributed by atoms with van der Waals surface area (Å²) in [5.41, 5.74) is 0.389. The van der Waals surface area contributed by atoms with E-state index >= 15 is 0 Å². The lowest BCUT2D eigenvalue weighted by molar-refractivity contribution is -0.141. The molecule has 0 aromatic carbocycles. The van der Waals surface area contributed by atoms with Crippen LogP contribution in [0.5, 0.6) is 0 Å². The van der Waals surface area contributed by atoms with Gasteiger partial charge in [-0.05, 0) is 20.8 Å². The number of hydrogen-bond donors (Lipinski definition) is 0. The largest absolute Gasteiger partial charge is 0.460 e. The van der Waals surface area contributed by atoms with E-state index in [9.17, 15) is 4.79 Å². The van der Waals surface area contributed by atoms with Crippen molar-refractivity contribution in [2.75, 3.05) is 33.5 Å². The Morgan fingerprint density at radius 3 is 2.28 bits per heavy atom. The number of ether oxygens (including phenoxy) is 4. The lowest BCUT2D eigenvalue weighted by Gasteiger charge is -2.17. The summed E-state index contributed by atoms with van der Waals surface area (Å²) in [6.07, 6.45) is -0.00451. The van der Waals surface area contributed by atoms with E-state index in [1.165, 1.54) is 0 Å². The predicted molar refractivity (Wildman–Crippen MR) is 68.5 cm³/mol. The Kier molecular flexibility index (Phi) is 9.55. The van der Waals surface area contributed by atoms with Gasteiger partial charge in [0, 0.05) is 12.7 Å². The number of hydrogen-bond acceptors (Lipinski definition) is 5. The highest BCUT2D eigenvalue weighted by Gasteiger charge is 2.07. The number of rotatable bonds is 10. The van der Waals surface area contributed by atoms with Crippen molar-refractivity contribution in [1.82, 2.24) is 0 Å². The molecule has 0 bridgehead atoms. The van der Waals surface area contributed by atoms with Crippen LogP contribution >= 0.6 is 0 Å². The van der Waals surface area contributed by atoms with E-state index in [1.54, 1.807) is 14.0 Å². The number of methoxy groups -OCH3 is 1. The van der Waals surface area contributed by atoms with Crippen LogP contribution in [0.15, 0.2) is 12.2 Å². The summed E-state index contributed by atoms with van der Waals surface area (Å²) in [5.74, 6) is -0.392. The molecule has 0 saturated heterocycles. The van der Waals surface area contributed by atoms with Crippen LogP contribution in [0.3, 0.4) is 0 Å². The third kappa shape index (κ3) is 9.15. The summed E-state index contributed by atoms with van der Waals surface area (Å²) >= 11 is 0. The van der Waals surface area contributed by atoms with Crippen molar-refractivity contribution >= 4 is 5.97 Å². The highest BCUT2D eigenvalue weighted by atomic mass is 16.6. The van der Waals surface area contributed by atoms with Gasteiger partial charge in [0.05, 0.1) is 32.0 Å².